The fourth-order valence-corrected chi connectivity index (χ4v) is 2.99. The summed E-state index contributed by atoms with van der Waals surface area (Å²) in [6.45, 7) is 1.91. The number of rotatable bonds is 7. The Hall–Kier alpha value is -2.48. The lowest BCUT2D eigenvalue weighted by Gasteiger charge is -2.10. The molecular formula is C19H19F3N2O2S. The molecule has 144 valence electrons. The molecule has 27 heavy (non-hydrogen) atoms. The van der Waals surface area contributed by atoms with Gasteiger partial charge in [-0.2, -0.15) is 13.2 Å². The topological polar surface area (TPSA) is 58.2 Å². The van der Waals surface area contributed by atoms with Gasteiger partial charge in [0.2, 0.25) is 11.8 Å². The van der Waals surface area contributed by atoms with Crippen LogP contribution in [0.5, 0.6) is 0 Å². The van der Waals surface area contributed by atoms with E-state index in [1.807, 2.05) is 6.92 Å². The highest BCUT2D eigenvalue weighted by molar-refractivity contribution is 8.00. The monoisotopic (exact) mass is 396 g/mol. The number of hydrogen-bond acceptors (Lipinski definition) is 3. The molecule has 8 heteroatoms. The molecule has 0 heterocycles. The zero-order valence-electron chi connectivity index (χ0n) is 14.6. The summed E-state index contributed by atoms with van der Waals surface area (Å²) in [5.74, 6) is -0.468. The van der Waals surface area contributed by atoms with Crippen LogP contribution in [0.2, 0.25) is 0 Å². The summed E-state index contributed by atoms with van der Waals surface area (Å²) in [6.07, 6.45) is -3.29. The number of nitrogens with one attached hydrogen (secondary N) is 2. The van der Waals surface area contributed by atoms with Gasteiger partial charge in [-0.05, 0) is 42.8 Å². The van der Waals surface area contributed by atoms with Gasteiger partial charge < -0.3 is 10.6 Å². The standard InChI is InChI=1S/C19H19F3N2O2S/c1-2-5-17(25)23-15-8-4-9-16(11-15)27-12-18(26)24-14-7-3-6-13(10-14)19(20,21)22/h3-4,6-11H,2,5,12H2,1H3,(H,23,25)(H,24,26). The van der Waals surface area contributed by atoms with Crippen LogP contribution in [0.25, 0.3) is 0 Å². The number of thioether (sulfide) groups is 1. The summed E-state index contributed by atoms with van der Waals surface area (Å²) >= 11 is 1.23. The van der Waals surface area contributed by atoms with Gasteiger partial charge in [0.1, 0.15) is 0 Å². The third kappa shape index (κ3) is 6.97. The van der Waals surface area contributed by atoms with Crippen LogP contribution >= 0.6 is 11.8 Å². The van der Waals surface area contributed by atoms with Crippen LogP contribution in [-0.4, -0.2) is 17.6 Å². The predicted octanol–water partition coefficient (Wildman–Crippen LogP) is 5.17. The zero-order valence-corrected chi connectivity index (χ0v) is 15.4. The van der Waals surface area contributed by atoms with Gasteiger partial charge in [-0.3, -0.25) is 9.59 Å². The summed E-state index contributed by atoms with van der Waals surface area (Å²) in [4.78, 5) is 24.4. The highest BCUT2D eigenvalue weighted by Crippen LogP contribution is 2.30. The van der Waals surface area contributed by atoms with E-state index in [0.717, 1.165) is 23.4 Å². The summed E-state index contributed by atoms with van der Waals surface area (Å²) < 4.78 is 38.1. The van der Waals surface area contributed by atoms with E-state index in [1.165, 1.54) is 23.9 Å². The largest absolute Gasteiger partial charge is 0.416 e. The lowest BCUT2D eigenvalue weighted by atomic mass is 10.2. The van der Waals surface area contributed by atoms with E-state index in [-0.39, 0.29) is 17.3 Å². The van der Waals surface area contributed by atoms with Crippen molar-refractivity contribution in [2.45, 2.75) is 30.8 Å². The molecule has 0 spiro atoms. The average molecular weight is 396 g/mol. The van der Waals surface area contributed by atoms with Gasteiger partial charge >= 0.3 is 6.18 Å². The van der Waals surface area contributed by atoms with Crippen LogP contribution in [0, 0.1) is 0 Å². The maximum atomic E-state index is 12.7. The highest BCUT2D eigenvalue weighted by atomic mass is 32.2. The highest BCUT2D eigenvalue weighted by Gasteiger charge is 2.30. The molecule has 0 aliphatic carbocycles. The molecule has 2 aromatic rings. The van der Waals surface area contributed by atoms with Crippen molar-refractivity contribution in [3.63, 3.8) is 0 Å². The number of hydrogen-bond donors (Lipinski definition) is 2. The molecule has 0 radical (unpaired) electrons. The van der Waals surface area contributed by atoms with Gasteiger partial charge in [0, 0.05) is 22.7 Å². The van der Waals surface area contributed by atoms with Crippen LogP contribution in [0.15, 0.2) is 53.4 Å². The van der Waals surface area contributed by atoms with Crippen molar-refractivity contribution < 1.29 is 22.8 Å². The number of anilines is 2. The lowest BCUT2D eigenvalue weighted by molar-refractivity contribution is -0.137. The van der Waals surface area contributed by atoms with Gasteiger partial charge in [0.05, 0.1) is 11.3 Å². The normalized spacial score (nSPS) is 11.1. The van der Waals surface area contributed by atoms with Crippen LogP contribution in [0.3, 0.4) is 0 Å². The number of alkyl halides is 3. The minimum absolute atomic E-state index is 0.0304. The van der Waals surface area contributed by atoms with Gasteiger partial charge in [-0.1, -0.05) is 19.1 Å². The molecule has 2 aromatic carbocycles. The van der Waals surface area contributed by atoms with E-state index in [2.05, 4.69) is 10.6 Å². The Kier molecular flexibility index (Phi) is 7.29. The summed E-state index contributed by atoms with van der Waals surface area (Å²) in [5, 5.41) is 5.23. The number of amides is 2. The van der Waals surface area contributed by atoms with Crippen molar-refractivity contribution in [3.8, 4) is 0 Å². The summed E-state index contributed by atoms with van der Waals surface area (Å²) in [7, 11) is 0. The van der Waals surface area contributed by atoms with E-state index < -0.39 is 17.6 Å². The molecular weight excluding hydrogens is 377 g/mol. The molecule has 0 saturated carbocycles. The van der Waals surface area contributed by atoms with E-state index in [4.69, 9.17) is 0 Å². The molecule has 2 rings (SSSR count). The van der Waals surface area contributed by atoms with Gasteiger partial charge in [0.15, 0.2) is 0 Å². The fourth-order valence-electron chi connectivity index (χ4n) is 2.23. The summed E-state index contributed by atoms with van der Waals surface area (Å²) in [5.41, 5.74) is -0.0868. The molecule has 0 unspecified atom stereocenters. The zero-order chi connectivity index (χ0) is 19.9. The first-order valence-corrected chi connectivity index (χ1v) is 9.26. The third-order valence-electron chi connectivity index (χ3n) is 3.44. The average Bonchev–Trinajstić information content (AvgIpc) is 2.60. The van der Waals surface area contributed by atoms with Gasteiger partial charge in [0.25, 0.3) is 0 Å². The second kappa shape index (κ2) is 9.45. The van der Waals surface area contributed by atoms with Crippen molar-refractivity contribution in [3.05, 3.63) is 54.1 Å². The Balaban J connectivity index is 1.91. The number of carbonyl (C=O) groups is 2. The Labute approximate surface area is 159 Å². The minimum atomic E-state index is -4.46. The maximum absolute atomic E-state index is 12.7. The third-order valence-corrected chi connectivity index (χ3v) is 4.43. The lowest BCUT2D eigenvalue weighted by Crippen LogP contribution is -2.15. The Morgan fingerprint density at radius 3 is 2.26 bits per heavy atom. The second-order valence-electron chi connectivity index (χ2n) is 5.74. The van der Waals surface area contributed by atoms with Crippen molar-refractivity contribution in [2.24, 2.45) is 0 Å². The van der Waals surface area contributed by atoms with Crippen molar-refractivity contribution in [1.29, 1.82) is 0 Å². The van der Waals surface area contributed by atoms with E-state index in [9.17, 15) is 22.8 Å². The molecule has 0 bridgehead atoms. The quantitative estimate of drug-likeness (QED) is 0.635. The van der Waals surface area contributed by atoms with Crippen LogP contribution in [0.4, 0.5) is 24.5 Å². The second-order valence-corrected chi connectivity index (χ2v) is 6.79. The number of benzene rings is 2. The molecule has 2 N–H and O–H groups in total. The first kappa shape index (κ1) is 20.8. The van der Waals surface area contributed by atoms with Crippen LogP contribution in [-0.2, 0) is 15.8 Å². The summed E-state index contributed by atoms with van der Waals surface area (Å²) in [6, 6.07) is 11.5. The first-order valence-electron chi connectivity index (χ1n) is 8.27. The molecule has 0 saturated heterocycles. The van der Waals surface area contributed by atoms with Crippen molar-refractivity contribution in [1.82, 2.24) is 0 Å². The molecule has 0 aromatic heterocycles. The van der Waals surface area contributed by atoms with Crippen LogP contribution < -0.4 is 10.6 Å². The van der Waals surface area contributed by atoms with Crippen LogP contribution in [0.1, 0.15) is 25.3 Å². The Morgan fingerprint density at radius 2 is 1.59 bits per heavy atom. The Morgan fingerprint density at radius 1 is 0.963 bits per heavy atom. The van der Waals surface area contributed by atoms with Crippen molar-refractivity contribution >= 4 is 35.0 Å². The molecule has 4 nitrogen and oxygen atoms in total. The molecule has 0 fully saturated rings. The maximum Gasteiger partial charge on any atom is 0.416 e. The molecule has 0 aliphatic heterocycles. The molecule has 0 atom stereocenters. The predicted molar refractivity (Wildman–Crippen MR) is 101 cm³/mol. The number of carbonyl (C=O) groups excluding carboxylic acids is 2. The van der Waals surface area contributed by atoms with Gasteiger partial charge in [-0.15, -0.1) is 11.8 Å². The smallest absolute Gasteiger partial charge is 0.326 e. The van der Waals surface area contributed by atoms with E-state index in [0.29, 0.717) is 12.1 Å². The fraction of sp³-hybridized carbons (Fsp3) is 0.263. The van der Waals surface area contributed by atoms with E-state index in [1.54, 1.807) is 24.3 Å². The van der Waals surface area contributed by atoms with E-state index >= 15 is 0 Å². The number of halogens is 3. The Bertz CT molecular complexity index is 810. The first-order chi connectivity index (χ1) is 12.8. The molecule has 2 amide bonds. The van der Waals surface area contributed by atoms with Gasteiger partial charge in [-0.25, -0.2) is 0 Å². The van der Waals surface area contributed by atoms with Crippen molar-refractivity contribution in [2.75, 3.05) is 16.4 Å². The SMILES string of the molecule is CCCC(=O)Nc1cccc(SCC(=O)Nc2cccc(C(F)(F)F)c2)c1. The molecule has 0 aliphatic rings. The minimum Gasteiger partial charge on any atom is -0.326 e.